The number of hydrogen-bond donors (Lipinski definition) is 2. The third-order valence-electron chi connectivity index (χ3n) is 4.70. The average Bonchev–Trinajstić information content (AvgIpc) is 2.68. The van der Waals surface area contributed by atoms with Crippen LogP contribution in [0, 0.1) is 0 Å². The first-order chi connectivity index (χ1) is 12.3. The second-order valence-electron chi connectivity index (χ2n) is 6.60. The molecule has 3 rings (SSSR count). The zero-order chi connectivity index (χ0) is 17.3. The van der Waals surface area contributed by atoms with E-state index in [4.69, 9.17) is 5.73 Å². The molecule has 3 nitrogen and oxygen atoms in total. The molecule has 0 spiro atoms. The van der Waals surface area contributed by atoms with Gasteiger partial charge in [-0.1, -0.05) is 48.9 Å². The van der Waals surface area contributed by atoms with Crippen LogP contribution in [-0.2, 0) is 13.0 Å². The highest BCUT2D eigenvalue weighted by Crippen LogP contribution is 2.15. The number of benzene rings is 2. The monoisotopic (exact) mass is 369 g/mol. The first kappa shape index (κ1) is 20.4. The van der Waals surface area contributed by atoms with Gasteiger partial charge in [-0.2, -0.15) is 0 Å². The number of halogens is 1. The van der Waals surface area contributed by atoms with Gasteiger partial charge in [-0.15, -0.1) is 12.4 Å². The summed E-state index contributed by atoms with van der Waals surface area (Å²) < 4.78 is 0. The molecule has 0 saturated carbocycles. The number of rotatable bonds is 9. The van der Waals surface area contributed by atoms with Crippen LogP contribution in [0.15, 0.2) is 67.0 Å². The molecular formula is C22H28ClN3. The van der Waals surface area contributed by atoms with E-state index in [1.54, 1.807) is 0 Å². The molecule has 1 heterocycles. The molecule has 0 aliphatic heterocycles. The molecule has 1 unspecified atom stereocenters. The van der Waals surface area contributed by atoms with Gasteiger partial charge < -0.3 is 11.1 Å². The summed E-state index contributed by atoms with van der Waals surface area (Å²) in [5.41, 5.74) is 8.66. The van der Waals surface area contributed by atoms with Gasteiger partial charge in [0.05, 0.1) is 0 Å². The number of unbranched alkanes of at least 4 members (excludes halogenated alkanes) is 1. The van der Waals surface area contributed by atoms with Crippen molar-refractivity contribution in [2.45, 2.75) is 38.3 Å². The van der Waals surface area contributed by atoms with Crippen LogP contribution >= 0.6 is 12.4 Å². The maximum absolute atomic E-state index is 5.95. The van der Waals surface area contributed by atoms with Gasteiger partial charge in [-0.25, -0.2) is 0 Å². The molecule has 3 aromatic rings. The molecule has 1 atom stereocenters. The van der Waals surface area contributed by atoms with Crippen molar-refractivity contribution in [3.8, 4) is 0 Å². The normalized spacial score (nSPS) is 11.9. The van der Waals surface area contributed by atoms with Crippen molar-refractivity contribution in [3.63, 3.8) is 0 Å². The fourth-order valence-corrected chi connectivity index (χ4v) is 3.17. The Morgan fingerprint density at radius 2 is 1.77 bits per heavy atom. The lowest BCUT2D eigenvalue weighted by Crippen LogP contribution is -2.35. The van der Waals surface area contributed by atoms with Crippen molar-refractivity contribution >= 4 is 23.2 Å². The highest BCUT2D eigenvalue weighted by Gasteiger charge is 2.06. The molecule has 0 bridgehead atoms. The van der Waals surface area contributed by atoms with Crippen molar-refractivity contribution < 1.29 is 0 Å². The smallest absolute Gasteiger partial charge is 0.0346 e. The summed E-state index contributed by atoms with van der Waals surface area (Å²) in [5.74, 6) is 0. The maximum atomic E-state index is 5.95. The Morgan fingerprint density at radius 1 is 0.923 bits per heavy atom. The van der Waals surface area contributed by atoms with Crippen LogP contribution in [0.2, 0.25) is 0 Å². The highest BCUT2D eigenvalue weighted by molar-refractivity contribution is 5.85. The zero-order valence-corrected chi connectivity index (χ0v) is 15.9. The molecule has 0 aliphatic carbocycles. The molecule has 0 aliphatic rings. The number of aryl methyl sites for hydroxylation is 1. The first-order valence-corrected chi connectivity index (χ1v) is 9.15. The van der Waals surface area contributed by atoms with Gasteiger partial charge in [0.2, 0.25) is 0 Å². The van der Waals surface area contributed by atoms with E-state index in [1.165, 1.54) is 34.7 Å². The Hall–Kier alpha value is -1.94. The minimum Gasteiger partial charge on any atom is -0.329 e. The van der Waals surface area contributed by atoms with E-state index in [1.807, 2.05) is 12.4 Å². The van der Waals surface area contributed by atoms with Crippen LogP contribution < -0.4 is 11.1 Å². The van der Waals surface area contributed by atoms with Gasteiger partial charge in [0, 0.05) is 36.9 Å². The fraction of sp³-hybridized carbons (Fsp3) is 0.318. The third kappa shape index (κ3) is 6.10. The second-order valence-corrected chi connectivity index (χ2v) is 6.60. The van der Waals surface area contributed by atoms with E-state index in [0.717, 1.165) is 19.4 Å². The molecule has 0 radical (unpaired) electrons. The molecule has 0 fully saturated rings. The number of nitrogens with two attached hydrogens (primary N) is 1. The van der Waals surface area contributed by atoms with Crippen LogP contribution in [0.25, 0.3) is 10.8 Å². The average molecular weight is 370 g/mol. The Labute approximate surface area is 162 Å². The van der Waals surface area contributed by atoms with E-state index < -0.39 is 0 Å². The number of fused-ring (bicyclic) bond motifs is 1. The lowest BCUT2D eigenvalue weighted by Gasteiger charge is -2.17. The molecule has 26 heavy (non-hydrogen) atoms. The van der Waals surface area contributed by atoms with E-state index in [2.05, 4.69) is 64.9 Å². The van der Waals surface area contributed by atoms with Crippen molar-refractivity contribution in [3.05, 3.63) is 78.1 Å². The van der Waals surface area contributed by atoms with E-state index in [-0.39, 0.29) is 12.4 Å². The van der Waals surface area contributed by atoms with Gasteiger partial charge in [-0.05, 0) is 47.9 Å². The van der Waals surface area contributed by atoms with Gasteiger partial charge in [0.15, 0.2) is 0 Å². The van der Waals surface area contributed by atoms with Gasteiger partial charge in [0.25, 0.3) is 0 Å². The van der Waals surface area contributed by atoms with Crippen molar-refractivity contribution in [2.75, 3.05) is 6.54 Å². The van der Waals surface area contributed by atoms with Crippen LogP contribution in [0.1, 0.15) is 30.4 Å². The standard InChI is InChI=1S/C22H27N3.ClH/c23-15-22(9-5-4-8-18-6-2-1-3-7-18)25-16-19-10-11-21-17-24-13-12-20(21)14-19;/h1-3,6-7,10-14,17,22,25H,4-5,8-9,15-16,23H2;1H. The third-order valence-corrected chi connectivity index (χ3v) is 4.70. The lowest BCUT2D eigenvalue weighted by molar-refractivity contribution is 0.466. The molecule has 0 amide bonds. The summed E-state index contributed by atoms with van der Waals surface area (Å²) in [6.45, 7) is 1.54. The summed E-state index contributed by atoms with van der Waals surface area (Å²) in [6, 6.07) is 19.7. The van der Waals surface area contributed by atoms with Crippen molar-refractivity contribution in [1.29, 1.82) is 0 Å². The number of hydrogen-bond acceptors (Lipinski definition) is 3. The topological polar surface area (TPSA) is 50.9 Å². The quantitative estimate of drug-likeness (QED) is 0.546. The van der Waals surface area contributed by atoms with Crippen molar-refractivity contribution in [1.82, 2.24) is 10.3 Å². The van der Waals surface area contributed by atoms with Crippen LogP contribution in [0.5, 0.6) is 0 Å². The Morgan fingerprint density at radius 3 is 2.58 bits per heavy atom. The number of nitrogens with one attached hydrogen (secondary N) is 1. The molecular weight excluding hydrogens is 342 g/mol. The van der Waals surface area contributed by atoms with Crippen LogP contribution in [0.4, 0.5) is 0 Å². The van der Waals surface area contributed by atoms with E-state index in [9.17, 15) is 0 Å². The largest absolute Gasteiger partial charge is 0.329 e. The molecule has 0 saturated heterocycles. The summed E-state index contributed by atoms with van der Waals surface area (Å²) >= 11 is 0. The number of pyridine rings is 1. The van der Waals surface area contributed by atoms with Crippen molar-refractivity contribution in [2.24, 2.45) is 5.73 Å². The predicted octanol–water partition coefficient (Wildman–Crippen LogP) is 4.49. The Kier molecular flexibility index (Phi) is 8.56. The van der Waals surface area contributed by atoms with E-state index in [0.29, 0.717) is 12.6 Å². The lowest BCUT2D eigenvalue weighted by atomic mass is 10.0. The van der Waals surface area contributed by atoms with E-state index >= 15 is 0 Å². The molecule has 138 valence electrons. The van der Waals surface area contributed by atoms with Gasteiger partial charge in [-0.3, -0.25) is 4.98 Å². The second kappa shape index (κ2) is 10.9. The molecule has 1 aromatic heterocycles. The van der Waals surface area contributed by atoms with Crippen LogP contribution in [0.3, 0.4) is 0 Å². The maximum Gasteiger partial charge on any atom is 0.0346 e. The van der Waals surface area contributed by atoms with Gasteiger partial charge >= 0.3 is 0 Å². The summed E-state index contributed by atoms with van der Waals surface area (Å²) in [4.78, 5) is 4.16. The highest BCUT2D eigenvalue weighted by atomic mass is 35.5. The Bertz CT molecular complexity index is 776. The predicted molar refractivity (Wildman–Crippen MR) is 113 cm³/mol. The zero-order valence-electron chi connectivity index (χ0n) is 15.1. The molecule has 2 aromatic carbocycles. The molecule has 3 N–H and O–H groups in total. The minimum absolute atomic E-state index is 0. The number of aromatic nitrogens is 1. The minimum atomic E-state index is 0. The summed E-state index contributed by atoms with van der Waals surface area (Å²) in [5, 5.41) is 6.03. The van der Waals surface area contributed by atoms with Gasteiger partial charge in [0.1, 0.15) is 0 Å². The first-order valence-electron chi connectivity index (χ1n) is 9.15. The number of nitrogens with zero attached hydrogens (tertiary/aromatic N) is 1. The fourth-order valence-electron chi connectivity index (χ4n) is 3.17. The summed E-state index contributed by atoms with van der Waals surface area (Å²) in [6.07, 6.45) is 8.44. The van der Waals surface area contributed by atoms with Crippen LogP contribution in [-0.4, -0.2) is 17.6 Å². The SMILES string of the molecule is Cl.NCC(CCCCc1ccccc1)NCc1ccc2cnccc2c1. The molecule has 4 heteroatoms. The summed E-state index contributed by atoms with van der Waals surface area (Å²) in [7, 11) is 0. The Balaban J connectivity index is 0.00000243.